The van der Waals surface area contributed by atoms with Crippen LogP contribution in [0.2, 0.25) is 0 Å². The molecule has 0 bridgehead atoms. The first-order valence-corrected chi connectivity index (χ1v) is 8.59. The minimum absolute atomic E-state index is 0.250. The fraction of sp³-hybridized carbons (Fsp3) is 0.579. The Morgan fingerprint density at radius 1 is 1.24 bits per heavy atom. The molecule has 1 saturated heterocycles. The van der Waals surface area contributed by atoms with Gasteiger partial charge in [0.1, 0.15) is 11.4 Å². The molecule has 0 aromatic heterocycles. The summed E-state index contributed by atoms with van der Waals surface area (Å²) in [7, 11) is 0. The van der Waals surface area contributed by atoms with Gasteiger partial charge in [-0.2, -0.15) is 0 Å². The van der Waals surface area contributed by atoms with Gasteiger partial charge < -0.3 is 19.5 Å². The zero-order valence-corrected chi connectivity index (χ0v) is 15.4. The number of rotatable bonds is 4. The lowest BCUT2D eigenvalue weighted by Gasteiger charge is -2.34. The van der Waals surface area contributed by atoms with Crippen LogP contribution in [0.5, 0.6) is 5.75 Å². The molecule has 1 fully saturated rings. The number of aliphatic carboxylic acids is 1. The molecule has 0 spiro atoms. The molecule has 0 radical (unpaired) electrons. The molecule has 2 rings (SSSR count). The molecule has 1 amide bonds. The summed E-state index contributed by atoms with van der Waals surface area (Å²) in [4.78, 5) is 24.5. The minimum atomic E-state index is -0.990. The van der Waals surface area contributed by atoms with E-state index in [2.05, 4.69) is 0 Å². The second-order valence-corrected chi connectivity index (χ2v) is 7.44. The van der Waals surface area contributed by atoms with Crippen LogP contribution in [-0.2, 0) is 9.53 Å². The Kier molecular flexibility index (Phi) is 5.93. The maximum atomic E-state index is 12.1. The number of amides is 1. The highest BCUT2D eigenvalue weighted by Gasteiger charge is 2.28. The van der Waals surface area contributed by atoms with Crippen LogP contribution in [0.1, 0.15) is 50.7 Å². The van der Waals surface area contributed by atoms with Gasteiger partial charge in [0, 0.05) is 13.1 Å². The van der Waals surface area contributed by atoms with Gasteiger partial charge in [0.25, 0.3) is 0 Å². The predicted octanol–water partition coefficient (Wildman–Crippen LogP) is 3.57. The zero-order valence-electron chi connectivity index (χ0n) is 15.4. The molecule has 1 N–H and O–H groups in total. The van der Waals surface area contributed by atoms with Crippen molar-refractivity contribution in [1.29, 1.82) is 0 Å². The Hall–Kier alpha value is -2.24. The van der Waals surface area contributed by atoms with E-state index in [1.807, 2.05) is 45.9 Å². The number of aryl methyl sites for hydroxylation is 1. The van der Waals surface area contributed by atoms with Crippen LogP contribution in [0.15, 0.2) is 18.2 Å². The summed E-state index contributed by atoms with van der Waals surface area (Å²) < 4.78 is 10.6. The highest BCUT2D eigenvalue weighted by Crippen LogP contribution is 2.32. The first-order chi connectivity index (χ1) is 11.7. The lowest BCUT2D eigenvalue weighted by atomic mass is 9.87. The van der Waals surface area contributed by atoms with Crippen LogP contribution < -0.4 is 4.74 Å². The Bertz CT molecular complexity index is 627. The summed E-state index contributed by atoms with van der Waals surface area (Å²) in [5.41, 5.74) is 1.83. The van der Waals surface area contributed by atoms with Gasteiger partial charge in [-0.15, -0.1) is 0 Å². The molecule has 138 valence electrons. The summed E-state index contributed by atoms with van der Waals surface area (Å²) in [5.74, 6) is -0.0432. The fourth-order valence-corrected chi connectivity index (χ4v) is 3.04. The molecule has 1 aliphatic heterocycles. The third-order valence-electron chi connectivity index (χ3n) is 4.19. The zero-order chi connectivity index (χ0) is 18.6. The Labute approximate surface area is 148 Å². The van der Waals surface area contributed by atoms with E-state index in [1.165, 1.54) is 5.56 Å². The van der Waals surface area contributed by atoms with Crippen molar-refractivity contribution in [2.75, 3.05) is 19.7 Å². The Morgan fingerprint density at radius 2 is 1.88 bits per heavy atom. The highest BCUT2D eigenvalue weighted by atomic mass is 16.6. The van der Waals surface area contributed by atoms with Gasteiger partial charge in [-0.05, 0) is 69.7 Å². The van der Waals surface area contributed by atoms with Crippen LogP contribution in [0.3, 0.4) is 0 Å². The summed E-state index contributed by atoms with van der Waals surface area (Å²) in [6, 6.07) is 5.68. The Morgan fingerprint density at radius 3 is 2.40 bits per heavy atom. The van der Waals surface area contributed by atoms with E-state index in [0.717, 1.165) is 18.4 Å². The Balaban J connectivity index is 1.94. The lowest BCUT2D eigenvalue weighted by Crippen LogP contribution is -2.41. The van der Waals surface area contributed by atoms with E-state index >= 15 is 0 Å². The number of hydrogen-bond donors (Lipinski definition) is 1. The number of nitrogens with zero attached hydrogens (tertiary/aromatic N) is 1. The van der Waals surface area contributed by atoms with E-state index in [9.17, 15) is 9.59 Å². The maximum absolute atomic E-state index is 12.1. The molecule has 6 nitrogen and oxygen atoms in total. The number of carboxylic acid groups (broad SMARTS) is 1. The number of benzene rings is 1. The first-order valence-electron chi connectivity index (χ1n) is 8.59. The van der Waals surface area contributed by atoms with Gasteiger partial charge >= 0.3 is 12.1 Å². The second kappa shape index (κ2) is 7.76. The van der Waals surface area contributed by atoms with Crippen molar-refractivity contribution < 1.29 is 24.2 Å². The number of carbonyl (C=O) groups excluding carboxylic acids is 1. The lowest BCUT2D eigenvalue weighted by molar-refractivity contribution is -0.139. The molecule has 1 aromatic rings. The van der Waals surface area contributed by atoms with Crippen molar-refractivity contribution in [3.05, 3.63) is 29.3 Å². The predicted molar refractivity (Wildman–Crippen MR) is 94.1 cm³/mol. The van der Waals surface area contributed by atoms with Crippen LogP contribution in [0.4, 0.5) is 4.79 Å². The number of piperidine rings is 1. The second-order valence-electron chi connectivity index (χ2n) is 7.44. The van der Waals surface area contributed by atoms with Gasteiger partial charge in [0.15, 0.2) is 6.61 Å². The summed E-state index contributed by atoms with van der Waals surface area (Å²) in [6.07, 6.45) is 1.52. The van der Waals surface area contributed by atoms with Gasteiger partial charge in [-0.3, -0.25) is 0 Å². The van der Waals surface area contributed by atoms with Crippen molar-refractivity contribution in [3.8, 4) is 5.75 Å². The number of carboxylic acids is 1. The van der Waals surface area contributed by atoms with Crippen LogP contribution in [0.25, 0.3) is 0 Å². The van der Waals surface area contributed by atoms with Crippen molar-refractivity contribution >= 4 is 12.1 Å². The smallest absolute Gasteiger partial charge is 0.410 e. The molecular formula is C19H27NO5. The third kappa shape index (κ3) is 5.66. The van der Waals surface area contributed by atoms with Crippen LogP contribution >= 0.6 is 0 Å². The standard InChI is InChI=1S/C19H27NO5/c1-13-11-15(24-12-17(21)22)5-6-16(13)14-7-9-20(10-8-14)18(23)25-19(2,3)4/h5-6,11,14H,7-10,12H2,1-4H3,(H,21,22). The van der Waals surface area contributed by atoms with E-state index in [4.69, 9.17) is 14.6 Å². The largest absolute Gasteiger partial charge is 0.482 e. The van der Waals surface area contributed by atoms with Gasteiger partial charge in [-0.1, -0.05) is 6.07 Å². The molecule has 1 aliphatic rings. The molecule has 0 aliphatic carbocycles. The van der Waals surface area contributed by atoms with Crippen LogP contribution in [0, 0.1) is 6.92 Å². The normalized spacial score (nSPS) is 15.8. The maximum Gasteiger partial charge on any atom is 0.410 e. The van der Waals surface area contributed by atoms with E-state index in [-0.39, 0.29) is 12.7 Å². The molecule has 0 unspecified atom stereocenters. The quantitative estimate of drug-likeness (QED) is 0.899. The van der Waals surface area contributed by atoms with Gasteiger partial charge in [0.2, 0.25) is 0 Å². The van der Waals surface area contributed by atoms with E-state index in [1.54, 1.807) is 4.90 Å². The third-order valence-corrected chi connectivity index (χ3v) is 4.19. The van der Waals surface area contributed by atoms with E-state index in [0.29, 0.717) is 24.8 Å². The number of ether oxygens (including phenoxy) is 2. The summed E-state index contributed by atoms with van der Waals surface area (Å²) in [6.45, 7) is 8.63. The molecule has 6 heteroatoms. The van der Waals surface area contributed by atoms with Crippen molar-refractivity contribution in [2.45, 2.75) is 52.1 Å². The summed E-state index contributed by atoms with van der Waals surface area (Å²) in [5, 5.41) is 8.68. The molecule has 0 atom stereocenters. The monoisotopic (exact) mass is 349 g/mol. The molecule has 0 saturated carbocycles. The minimum Gasteiger partial charge on any atom is -0.482 e. The summed E-state index contributed by atoms with van der Waals surface area (Å²) >= 11 is 0. The van der Waals surface area contributed by atoms with Gasteiger partial charge in [-0.25, -0.2) is 9.59 Å². The number of hydrogen-bond acceptors (Lipinski definition) is 4. The molecule has 25 heavy (non-hydrogen) atoms. The number of carbonyl (C=O) groups is 2. The van der Waals surface area contributed by atoms with Crippen molar-refractivity contribution in [1.82, 2.24) is 4.90 Å². The average Bonchev–Trinajstić information content (AvgIpc) is 2.51. The topological polar surface area (TPSA) is 76.1 Å². The first kappa shape index (κ1) is 19.1. The molecule has 1 heterocycles. The average molecular weight is 349 g/mol. The van der Waals surface area contributed by atoms with Crippen molar-refractivity contribution in [2.24, 2.45) is 0 Å². The van der Waals surface area contributed by atoms with Crippen molar-refractivity contribution in [3.63, 3.8) is 0 Å². The molecule has 1 aromatic carbocycles. The van der Waals surface area contributed by atoms with Gasteiger partial charge in [0.05, 0.1) is 0 Å². The van der Waals surface area contributed by atoms with E-state index < -0.39 is 11.6 Å². The SMILES string of the molecule is Cc1cc(OCC(=O)O)ccc1C1CCN(C(=O)OC(C)(C)C)CC1. The van der Waals surface area contributed by atoms with Crippen LogP contribution in [-0.4, -0.2) is 47.4 Å². The number of likely N-dealkylation sites (tertiary alicyclic amines) is 1. The highest BCUT2D eigenvalue weighted by molar-refractivity contribution is 5.68. The fourth-order valence-electron chi connectivity index (χ4n) is 3.04. The molecular weight excluding hydrogens is 322 g/mol.